The molecule has 0 saturated carbocycles. The number of halogens is 1. The van der Waals surface area contributed by atoms with Gasteiger partial charge in [0.2, 0.25) is 11.9 Å². The van der Waals surface area contributed by atoms with Crippen molar-refractivity contribution in [3.05, 3.63) is 95.8 Å². The molecule has 0 saturated heterocycles. The number of benzene rings is 1. The van der Waals surface area contributed by atoms with Crippen LogP contribution in [0.1, 0.15) is 21.6 Å². The zero-order valence-electron chi connectivity index (χ0n) is 18.4. The Bertz CT molecular complexity index is 1560. The number of nitrogens with one attached hydrogen (secondary N) is 1. The minimum absolute atomic E-state index is 0.277. The van der Waals surface area contributed by atoms with Crippen LogP contribution in [0.15, 0.2) is 73.2 Å². The van der Waals surface area contributed by atoms with Crippen molar-refractivity contribution in [1.29, 1.82) is 0 Å². The number of hydrogen-bond donors (Lipinski definition) is 2. The predicted octanol–water partition coefficient (Wildman–Crippen LogP) is 3.99. The molecule has 0 spiro atoms. The molecular weight excluding hydrogens is 435 g/mol. The van der Waals surface area contributed by atoms with Gasteiger partial charge in [0.25, 0.3) is 5.91 Å². The molecule has 9 heteroatoms. The van der Waals surface area contributed by atoms with Crippen LogP contribution in [-0.2, 0) is 0 Å². The van der Waals surface area contributed by atoms with E-state index in [2.05, 4.69) is 15.4 Å². The summed E-state index contributed by atoms with van der Waals surface area (Å²) >= 11 is 0. The number of pyridine rings is 2. The molecule has 0 fully saturated rings. The third kappa shape index (κ3) is 3.83. The summed E-state index contributed by atoms with van der Waals surface area (Å²) in [6.07, 6.45) is 4.56. The zero-order valence-corrected chi connectivity index (χ0v) is 18.4. The first-order chi connectivity index (χ1) is 16.4. The molecule has 1 aromatic carbocycles. The first kappa shape index (κ1) is 21.2. The van der Waals surface area contributed by atoms with E-state index in [4.69, 9.17) is 4.98 Å². The van der Waals surface area contributed by atoms with Crippen LogP contribution in [0.3, 0.4) is 0 Å². The molecule has 5 rings (SSSR count). The average Bonchev–Trinajstić information content (AvgIpc) is 3.22. The number of aromatic nitrogens is 5. The highest BCUT2D eigenvalue weighted by atomic mass is 19.1. The summed E-state index contributed by atoms with van der Waals surface area (Å²) in [6.45, 7) is 3.42. The molecule has 168 valence electrons. The second-order valence-corrected chi connectivity index (χ2v) is 7.85. The Kier molecular flexibility index (Phi) is 5.21. The summed E-state index contributed by atoms with van der Waals surface area (Å²) in [4.78, 5) is 21.7. The Morgan fingerprint density at radius 1 is 1.06 bits per heavy atom. The summed E-state index contributed by atoms with van der Waals surface area (Å²) in [5, 5.41) is 17.0. The Morgan fingerprint density at radius 2 is 1.91 bits per heavy atom. The number of carbonyl (C=O) groups excluding carboxylic acids is 1. The summed E-state index contributed by atoms with van der Waals surface area (Å²) in [5.41, 5.74) is 4.79. The third-order valence-electron chi connectivity index (χ3n) is 5.49. The van der Waals surface area contributed by atoms with E-state index in [1.807, 2.05) is 6.07 Å². The van der Waals surface area contributed by atoms with E-state index in [1.54, 1.807) is 73.2 Å². The lowest BCUT2D eigenvalue weighted by molar-refractivity contribution is -0.908. The molecule has 0 bridgehead atoms. The first-order valence-electron chi connectivity index (χ1n) is 10.5. The quantitative estimate of drug-likeness (QED) is 0.316. The van der Waals surface area contributed by atoms with Crippen molar-refractivity contribution in [2.45, 2.75) is 13.8 Å². The van der Waals surface area contributed by atoms with E-state index in [9.17, 15) is 14.4 Å². The fraction of sp³-hybridized carbons (Fsp3) is 0.0800. The molecule has 0 aliphatic heterocycles. The van der Waals surface area contributed by atoms with Gasteiger partial charge in [-0.3, -0.25) is 10.0 Å². The maximum Gasteiger partial charge on any atom is 0.263 e. The molecule has 4 heterocycles. The molecule has 4 aromatic heterocycles. The number of fused-ring (bicyclic) bond motifs is 1. The summed E-state index contributed by atoms with van der Waals surface area (Å²) in [5.74, 6) is -0.390. The van der Waals surface area contributed by atoms with Crippen molar-refractivity contribution in [3.8, 4) is 22.5 Å². The lowest BCUT2D eigenvalue weighted by Gasteiger charge is -2.08. The van der Waals surface area contributed by atoms with Crippen LogP contribution in [0.5, 0.6) is 0 Å². The number of amides is 1. The van der Waals surface area contributed by atoms with Crippen LogP contribution in [0.2, 0.25) is 0 Å². The van der Waals surface area contributed by atoms with Gasteiger partial charge in [0.1, 0.15) is 22.9 Å². The van der Waals surface area contributed by atoms with Crippen molar-refractivity contribution < 1.29 is 19.1 Å². The van der Waals surface area contributed by atoms with Crippen LogP contribution in [-0.4, -0.2) is 30.7 Å². The van der Waals surface area contributed by atoms with Crippen molar-refractivity contribution >= 4 is 17.4 Å². The second kappa shape index (κ2) is 8.36. The van der Waals surface area contributed by atoms with Crippen molar-refractivity contribution in [2.24, 2.45) is 0 Å². The van der Waals surface area contributed by atoms with Crippen LogP contribution in [0.4, 0.5) is 10.2 Å². The Morgan fingerprint density at radius 3 is 2.71 bits per heavy atom. The van der Waals surface area contributed by atoms with Crippen LogP contribution in [0.25, 0.3) is 28.2 Å². The third-order valence-corrected chi connectivity index (χ3v) is 5.49. The monoisotopic (exact) mass is 455 g/mol. The molecule has 1 amide bonds. The first-order valence-corrected chi connectivity index (χ1v) is 10.5. The number of aryl methyl sites for hydroxylation is 2. The molecule has 34 heavy (non-hydrogen) atoms. The molecule has 8 nitrogen and oxygen atoms in total. The number of hydrogen-bond acceptors (Lipinski definition) is 5. The second-order valence-electron chi connectivity index (χ2n) is 7.85. The predicted molar refractivity (Wildman–Crippen MR) is 123 cm³/mol. The highest BCUT2D eigenvalue weighted by Crippen LogP contribution is 2.33. The van der Waals surface area contributed by atoms with Crippen LogP contribution in [0, 0.1) is 19.7 Å². The molecule has 2 N–H and O–H groups in total. The van der Waals surface area contributed by atoms with Crippen LogP contribution >= 0.6 is 0 Å². The molecule has 0 unspecified atom stereocenters. The standard InChI is InChI=1S/C25H19FN6O2/c1-15-12-17(7-8-20(15)26)23-24(32-22(30-23)4-3-10-28-32)18-9-11-27-21(13-18)29-25(33)19-6-5-16(2)31(34)14-19/h3-14H,1-2H3,(H-,27,29,33,34)/p+1. The largest absolute Gasteiger partial charge is 0.306 e. The normalized spacial score (nSPS) is 11.0. The Hall–Kier alpha value is -4.66. The summed E-state index contributed by atoms with van der Waals surface area (Å²) < 4.78 is 16.5. The van der Waals surface area contributed by atoms with Gasteiger partial charge >= 0.3 is 0 Å². The van der Waals surface area contributed by atoms with E-state index >= 15 is 0 Å². The number of imidazole rings is 1. The van der Waals surface area contributed by atoms with E-state index < -0.39 is 5.91 Å². The van der Waals surface area contributed by atoms with E-state index in [-0.39, 0.29) is 11.4 Å². The Balaban J connectivity index is 1.58. The summed E-state index contributed by atoms with van der Waals surface area (Å²) in [7, 11) is 0. The lowest BCUT2D eigenvalue weighted by atomic mass is 10.0. The fourth-order valence-electron chi connectivity index (χ4n) is 3.67. The zero-order chi connectivity index (χ0) is 23.8. The van der Waals surface area contributed by atoms with Gasteiger partial charge in [-0.2, -0.15) is 5.10 Å². The number of anilines is 1. The molecular formula is C25H20FN6O2+. The minimum Gasteiger partial charge on any atom is -0.306 e. The SMILES string of the molecule is Cc1cc(-c2nc3cccnn3c2-c2ccnc(NC(=O)c3ccc(C)[n+](O)c3)c2)ccc1F. The number of rotatable bonds is 4. The molecule has 0 aliphatic rings. The molecule has 0 atom stereocenters. The van der Waals surface area contributed by atoms with Gasteiger partial charge in [-0.05, 0) is 61.0 Å². The number of carbonyl (C=O) groups is 1. The molecule has 0 radical (unpaired) electrons. The summed E-state index contributed by atoms with van der Waals surface area (Å²) in [6, 6.07) is 15.2. The van der Waals surface area contributed by atoms with Gasteiger partial charge in [-0.15, -0.1) is 0 Å². The average molecular weight is 455 g/mol. The lowest BCUT2D eigenvalue weighted by Crippen LogP contribution is -2.34. The van der Waals surface area contributed by atoms with Gasteiger partial charge in [-0.25, -0.2) is 18.9 Å². The van der Waals surface area contributed by atoms with E-state index in [0.717, 1.165) is 15.9 Å². The minimum atomic E-state index is -0.418. The van der Waals surface area contributed by atoms with Gasteiger partial charge in [0.05, 0.1) is 5.69 Å². The number of nitrogens with zero attached hydrogens (tertiary/aromatic N) is 5. The molecule has 5 aromatic rings. The smallest absolute Gasteiger partial charge is 0.263 e. The van der Waals surface area contributed by atoms with Crippen molar-refractivity contribution in [3.63, 3.8) is 0 Å². The van der Waals surface area contributed by atoms with Gasteiger partial charge in [-0.1, -0.05) is 0 Å². The van der Waals surface area contributed by atoms with Gasteiger partial charge < -0.3 is 5.32 Å². The molecule has 0 aliphatic carbocycles. The highest BCUT2D eigenvalue weighted by Gasteiger charge is 2.19. The fourth-order valence-corrected chi connectivity index (χ4v) is 3.67. The maximum atomic E-state index is 13.9. The van der Waals surface area contributed by atoms with E-state index in [1.165, 1.54) is 12.3 Å². The van der Waals surface area contributed by atoms with Gasteiger partial charge in [0, 0.05) is 41.2 Å². The van der Waals surface area contributed by atoms with Crippen LogP contribution < -0.4 is 10.0 Å². The highest BCUT2D eigenvalue weighted by molar-refractivity contribution is 6.03. The van der Waals surface area contributed by atoms with Gasteiger partial charge in [0.15, 0.2) is 5.65 Å². The van der Waals surface area contributed by atoms with Crippen molar-refractivity contribution in [2.75, 3.05) is 5.32 Å². The van der Waals surface area contributed by atoms with Crippen molar-refractivity contribution in [1.82, 2.24) is 19.6 Å². The topological polar surface area (TPSA) is 96.3 Å². The Labute approximate surface area is 193 Å². The maximum absolute atomic E-state index is 13.9. The van der Waals surface area contributed by atoms with E-state index in [0.29, 0.717) is 34.1 Å².